The smallest absolute Gasteiger partial charge is 0.263 e. The van der Waals surface area contributed by atoms with Crippen molar-refractivity contribution in [3.05, 3.63) is 38.4 Å². The van der Waals surface area contributed by atoms with Gasteiger partial charge in [0.15, 0.2) is 0 Å². The number of carbonyl (C=O) groups is 1. The fraction of sp³-hybridized carbons (Fsp3) is 0.100. The molecule has 0 atom stereocenters. The molecule has 102 valence electrons. The number of thiophene rings is 2. The monoisotopic (exact) mass is 336 g/mol. The van der Waals surface area contributed by atoms with Crippen molar-refractivity contribution in [3.8, 4) is 0 Å². The molecular weight excluding hydrogens is 328 g/mol. The Morgan fingerprint density at radius 3 is 2.63 bits per heavy atom. The first kappa shape index (κ1) is 14.5. The molecule has 2 heterocycles. The van der Waals surface area contributed by atoms with Gasteiger partial charge in [0.25, 0.3) is 5.91 Å². The number of hydrogen-bond donors (Lipinski definition) is 2. The molecule has 0 spiro atoms. The molecule has 0 fully saturated rings. The van der Waals surface area contributed by atoms with E-state index < -0.39 is 10.0 Å². The van der Waals surface area contributed by atoms with Crippen LogP contribution in [0.3, 0.4) is 0 Å². The van der Waals surface area contributed by atoms with Crippen molar-refractivity contribution in [3.63, 3.8) is 0 Å². The number of carbonyl (C=O) groups excluding carboxylic acids is 1. The summed E-state index contributed by atoms with van der Waals surface area (Å²) < 4.78 is 22.3. The lowest BCUT2D eigenvalue weighted by Gasteiger charge is -2.01. The number of rotatable bonds is 4. The van der Waals surface area contributed by atoms with Gasteiger partial charge in [-0.05, 0) is 23.6 Å². The summed E-state index contributed by atoms with van der Waals surface area (Å²) in [5.74, 6) is -0.287. The first-order valence-electron chi connectivity index (χ1n) is 5.00. The molecule has 2 aromatic rings. The van der Waals surface area contributed by atoms with Crippen molar-refractivity contribution in [2.75, 3.05) is 0 Å². The van der Waals surface area contributed by atoms with Gasteiger partial charge in [-0.2, -0.15) is 0 Å². The third-order valence-corrected chi connectivity index (χ3v) is 6.03. The zero-order chi connectivity index (χ0) is 14.0. The third-order valence-electron chi connectivity index (χ3n) is 2.16. The van der Waals surface area contributed by atoms with Gasteiger partial charge in [0.1, 0.15) is 9.09 Å². The molecule has 0 saturated heterocycles. The minimum atomic E-state index is -3.68. The lowest BCUT2D eigenvalue weighted by Crippen LogP contribution is -2.21. The second-order valence-electron chi connectivity index (χ2n) is 3.55. The van der Waals surface area contributed by atoms with Crippen molar-refractivity contribution >= 4 is 50.2 Å². The van der Waals surface area contributed by atoms with Gasteiger partial charge in [-0.1, -0.05) is 11.6 Å². The molecule has 0 aliphatic rings. The maximum absolute atomic E-state index is 11.8. The average Bonchev–Trinajstić information content (AvgIpc) is 2.93. The summed E-state index contributed by atoms with van der Waals surface area (Å²) in [6.07, 6.45) is 0. The van der Waals surface area contributed by atoms with Crippen molar-refractivity contribution in [2.24, 2.45) is 5.14 Å². The molecule has 2 rings (SSSR count). The number of hydrogen-bond acceptors (Lipinski definition) is 5. The second kappa shape index (κ2) is 5.59. The van der Waals surface area contributed by atoms with Gasteiger partial charge in [-0.3, -0.25) is 4.79 Å². The summed E-state index contributed by atoms with van der Waals surface area (Å²) in [6.45, 7) is 0.229. The Hall–Kier alpha value is -0.930. The molecule has 0 saturated carbocycles. The summed E-state index contributed by atoms with van der Waals surface area (Å²) in [5, 5.41) is 9.80. The van der Waals surface area contributed by atoms with E-state index in [1.807, 2.05) is 0 Å². The highest BCUT2D eigenvalue weighted by Gasteiger charge is 2.14. The highest BCUT2D eigenvalue weighted by atomic mass is 35.5. The summed E-state index contributed by atoms with van der Waals surface area (Å²) in [7, 11) is -3.68. The average molecular weight is 337 g/mol. The van der Waals surface area contributed by atoms with Crippen molar-refractivity contribution in [1.82, 2.24) is 5.32 Å². The lowest BCUT2D eigenvalue weighted by molar-refractivity contribution is 0.0955. The Labute approximate surface area is 123 Å². The van der Waals surface area contributed by atoms with Gasteiger partial charge >= 0.3 is 0 Å². The van der Waals surface area contributed by atoms with E-state index in [0.717, 1.165) is 11.3 Å². The van der Waals surface area contributed by atoms with Crippen LogP contribution >= 0.6 is 34.3 Å². The quantitative estimate of drug-likeness (QED) is 0.895. The molecule has 19 heavy (non-hydrogen) atoms. The van der Waals surface area contributed by atoms with E-state index in [-0.39, 0.29) is 16.7 Å². The fourth-order valence-electron chi connectivity index (χ4n) is 1.31. The molecule has 0 radical (unpaired) electrons. The van der Waals surface area contributed by atoms with Crippen molar-refractivity contribution in [1.29, 1.82) is 0 Å². The molecule has 5 nitrogen and oxygen atoms in total. The van der Waals surface area contributed by atoms with Gasteiger partial charge in [-0.25, -0.2) is 13.6 Å². The Balaban J connectivity index is 2.02. The summed E-state index contributed by atoms with van der Waals surface area (Å²) in [5.41, 5.74) is 0. The zero-order valence-corrected chi connectivity index (χ0v) is 12.6. The highest BCUT2D eigenvalue weighted by Crippen LogP contribution is 2.23. The molecule has 0 aromatic carbocycles. The molecule has 2 aromatic heterocycles. The zero-order valence-electron chi connectivity index (χ0n) is 9.42. The van der Waals surface area contributed by atoms with E-state index in [9.17, 15) is 13.2 Å². The van der Waals surface area contributed by atoms with E-state index in [4.69, 9.17) is 16.7 Å². The number of sulfonamides is 1. The Bertz CT molecular complexity index is 705. The van der Waals surface area contributed by atoms with Crippen LogP contribution in [0.15, 0.2) is 27.8 Å². The molecule has 3 N–H and O–H groups in total. The van der Waals surface area contributed by atoms with Crippen LogP contribution in [-0.4, -0.2) is 14.3 Å². The number of primary sulfonamides is 1. The van der Waals surface area contributed by atoms with Crippen LogP contribution in [0, 0.1) is 0 Å². The first-order valence-corrected chi connectivity index (χ1v) is 8.62. The van der Waals surface area contributed by atoms with Crippen LogP contribution in [0.4, 0.5) is 0 Å². The topological polar surface area (TPSA) is 89.3 Å². The van der Waals surface area contributed by atoms with Gasteiger partial charge in [-0.15, -0.1) is 22.7 Å². The largest absolute Gasteiger partial charge is 0.346 e. The van der Waals surface area contributed by atoms with Gasteiger partial charge in [0, 0.05) is 4.88 Å². The number of halogens is 1. The molecule has 1 amide bonds. The molecule has 9 heteroatoms. The van der Waals surface area contributed by atoms with Gasteiger partial charge in [0.2, 0.25) is 10.0 Å². The minimum Gasteiger partial charge on any atom is -0.346 e. The van der Waals surface area contributed by atoms with Crippen LogP contribution in [-0.2, 0) is 16.6 Å². The standard InChI is InChI=1S/C10H9ClN2O3S3/c11-7-3-4-17-9(7)10(14)13-5-6-1-2-8(18-6)19(12,15)16/h1-4H,5H2,(H,13,14)(H2,12,15,16). The maximum Gasteiger partial charge on any atom is 0.263 e. The third kappa shape index (κ3) is 3.54. The van der Waals surface area contributed by atoms with Gasteiger partial charge < -0.3 is 5.32 Å². The number of nitrogens with two attached hydrogens (primary N) is 1. The van der Waals surface area contributed by atoms with Crippen molar-refractivity contribution in [2.45, 2.75) is 10.8 Å². The molecular formula is C10H9ClN2O3S3. The van der Waals surface area contributed by atoms with E-state index in [2.05, 4.69) is 5.32 Å². The van der Waals surface area contributed by atoms with Crippen LogP contribution in [0.5, 0.6) is 0 Å². The van der Waals surface area contributed by atoms with Crippen LogP contribution in [0.1, 0.15) is 14.5 Å². The fourth-order valence-corrected chi connectivity index (χ4v) is 4.09. The van der Waals surface area contributed by atoms with Crippen molar-refractivity contribution < 1.29 is 13.2 Å². The second-order valence-corrected chi connectivity index (χ2v) is 7.83. The summed E-state index contributed by atoms with van der Waals surface area (Å²) >= 11 is 8.11. The molecule has 0 aliphatic carbocycles. The predicted octanol–water partition coefficient (Wildman–Crippen LogP) is 2.04. The SMILES string of the molecule is NS(=O)(=O)c1ccc(CNC(=O)c2sccc2Cl)s1. The van der Waals surface area contributed by atoms with E-state index in [0.29, 0.717) is 14.8 Å². The minimum absolute atomic E-state index is 0.0749. The number of nitrogens with one attached hydrogen (secondary N) is 1. The molecule has 0 bridgehead atoms. The first-order chi connectivity index (χ1) is 8.88. The Kier molecular flexibility index (Phi) is 4.26. The number of amides is 1. The Morgan fingerprint density at radius 2 is 2.11 bits per heavy atom. The van der Waals surface area contributed by atoms with E-state index >= 15 is 0 Å². The highest BCUT2D eigenvalue weighted by molar-refractivity contribution is 7.91. The van der Waals surface area contributed by atoms with Gasteiger partial charge in [0.05, 0.1) is 11.6 Å². The predicted molar refractivity (Wildman–Crippen MR) is 76.2 cm³/mol. The summed E-state index contributed by atoms with van der Waals surface area (Å²) in [4.78, 5) is 12.9. The van der Waals surface area contributed by atoms with E-state index in [1.54, 1.807) is 17.5 Å². The van der Waals surface area contributed by atoms with Crippen LogP contribution in [0.25, 0.3) is 0 Å². The lowest BCUT2D eigenvalue weighted by atomic mass is 10.4. The molecule has 0 aliphatic heterocycles. The van der Waals surface area contributed by atoms with Crippen LogP contribution < -0.4 is 10.5 Å². The van der Waals surface area contributed by atoms with E-state index in [1.165, 1.54) is 17.4 Å². The van der Waals surface area contributed by atoms with Crippen LogP contribution in [0.2, 0.25) is 5.02 Å². The summed E-state index contributed by atoms with van der Waals surface area (Å²) in [6, 6.07) is 4.67. The maximum atomic E-state index is 11.8. The molecule has 0 unspecified atom stereocenters. The normalized spacial score (nSPS) is 11.5. The Morgan fingerprint density at radius 1 is 1.37 bits per heavy atom.